The Morgan fingerprint density at radius 3 is 1.35 bits per heavy atom. The van der Waals surface area contributed by atoms with Gasteiger partial charge >= 0.3 is 0 Å². The van der Waals surface area contributed by atoms with Crippen LogP contribution in [0.1, 0.15) is 109 Å². The van der Waals surface area contributed by atoms with Crippen molar-refractivity contribution >= 4 is 109 Å². The van der Waals surface area contributed by atoms with Gasteiger partial charge in [-0.05, 0) is 136 Å². The summed E-state index contributed by atoms with van der Waals surface area (Å²) in [6.45, 7) is 24.4. The van der Waals surface area contributed by atoms with E-state index in [-0.39, 0.29) is 23.0 Å². The standard InChI is InChI=1S/C78H44N4O2S4/c1-41-15-24-46(25-16-41)77(47-26-17-42(2)18-27-47)60-38-57-61(37-56(60)72-68(77)55-32-23-45(34-64(55)86-72)33-58-66(62(39-79)81-5)51-11-7-9-13-53(51)70(58)83)78(48-28-19-43(3)20-29-48,49-30-21-44(4)22-31-49)69-73(57)88-76-74-65(87-75(69)76)36-50(85-74)35-59-67(63(40-80)82-6)52-12-8-10-14-54(52)71(59)84/h7-38H,1-4H3/b58-33-,59-35-,66-62+,67-63-. The third-order valence-corrected chi connectivity index (χ3v) is 23.3. The maximum absolute atomic E-state index is 14.3. The minimum atomic E-state index is -0.796. The molecule has 12 aromatic rings. The molecule has 0 saturated carbocycles. The van der Waals surface area contributed by atoms with E-state index >= 15 is 0 Å². The molecule has 0 radical (unpaired) electrons. The van der Waals surface area contributed by atoms with Crippen LogP contribution in [0.4, 0.5) is 0 Å². The van der Waals surface area contributed by atoms with Gasteiger partial charge in [0, 0.05) is 63.0 Å². The summed E-state index contributed by atoms with van der Waals surface area (Å²) in [4.78, 5) is 38.9. The highest BCUT2D eigenvalue weighted by Crippen LogP contribution is 2.68. The number of thiophene rings is 4. The summed E-state index contributed by atoms with van der Waals surface area (Å²) in [6.07, 6.45) is 3.74. The number of nitrogens with zero attached hydrogens (tertiary/aromatic N) is 4. The predicted octanol–water partition coefficient (Wildman–Crippen LogP) is 20.2. The quantitative estimate of drug-likeness (QED) is 0.0942. The molecule has 0 fully saturated rings. The van der Waals surface area contributed by atoms with Gasteiger partial charge in [-0.1, -0.05) is 180 Å². The van der Waals surface area contributed by atoms with Gasteiger partial charge in [0.1, 0.15) is 0 Å². The van der Waals surface area contributed by atoms with Crippen LogP contribution in [0.25, 0.3) is 82.8 Å². The number of carbonyl (C=O) groups is 2. The van der Waals surface area contributed by atoms with Gasteiger partial charge in [-0.25, -0.2) is 20.2 Å². The number of allylic oxidation sites excluding steroid dienone is 6. The van der Waals surface area contributed by atoms with Gasteiger partial charge in [-0.15, -0.1) is 45.3 Å². The molecule has 0 atom stereocenters. The van der Waals surface area contributed by atoms with Crippen molar-refractivity contribution in [1.29, 1.82) is 10.5 Å². The van der Waals surface area contributed by atoms with Crippen LogP contribution >= 0.6 is 45.3 Å². The van der Waals surface area contributed by atoms with Gasteiger partial charge in [0.15, 0.2) is 11.6 Å². The molecule has 0 aliphatic heterocycles. The molecule has 0 bridgehead atoms. The highest BCUT2D eigenvalue weighted by atomic mass is 32.1. The van der Waals surface area contributed by atoms with E-state index in [9.17, 15) is 20.1 Å². The van der Waals surface area contributed by atoms with Crippen LogP contribution in [0.15, 0.2) is 205 Å². The van der Waals surface area contributed by atoms with Crippen LogP contribution in [0.3, 0.4) is 0 Å². The van der Waals surface area contributed by atoms with E-state index in [1.165, 1.54) is 69.2 Å². The van der Waals surface area contributed by atoms with Gasteiger partial charge in [0.2, 0.25) is 0 Å². The van der Waals surface area contributed by atoms with Crippen molar-refractivity contribution in [2.24, 2.45) is 0 Å². The summed E-state index contributed by atoms with van der Waals surface area (Å²) in [7, 11) is 0. The fourth-order valence-corrected chi connectivity index (χ4v) is 20.0. The smallest absolute Gasteiger partial charge is 0.270 e. The zero-order valence-electron chi connectivity index (χ0n) is 47.7. The summed E-state index contributed by atoms with van der Waals surface area (Å²) < 4.78 is 5.70. The zero-order valence-corrected chi connectivity index (χ0v) is 51.0. The third kappa shape index (κ3) is 7.27. The Morgan fingerprint density at radius 2 is 0.886 bits per heavy atom. The van der Waals surface area contributed by atoms with Crippen LogP contribution in [0, 0.1) is 63.5 Å². The molecular weight excluding hydrogens is 1150 g/mol. The molecule has 4 aliphatic rings. The molecule has 0 unspecified atom stereocenters. The number of hydrogen-bond acceptors (Lipinski definition) is 8. The summed E-state index contributed by atoms with van der Waals surface area (Å²) >= 11 is 7.05. The summed E-state index contributed by atoms with van der Waals surface area (Å²) in [5, 5.41) is 21.5. The maximum Gasteiger partial charge on any atom is 0.270 e. The van der Waals surface area contributed by atoms with Crippen LogP contribution in [0.2, 0.25) is 0 Å². The lowest BCUT2D eigenvalue weighted by Gasteiger charge is -2.36. The third-order valence-electron chi connectivity index (χ3n) is 18.3. The van der Waals surface area contributed by atoms with Crippen molar-refractivity contribution in [2.45, 2.75) is 38.5 Å². The van der Waals surface area contributed by atoms with Gasteiger partial charge in [0.25, 0.3) is 11.4 Å². The predicted molar refractivity (Wildman–Crippen MR) is 360 cm³/mol. The average molecular weight is 1200 g/mol. The first kappa shape index (κ1) is 53.1. The van der Waals surface area contributed by atoms with Gasteiger partial charge in [-0.2, -0.15) is 0 Å². The lowest BCUT2D eigenvalue weighted by atomic mass is 9.65. The second-order valence-corrected chi connectivity index (χ2v) is 27.3. The van der Waals surface area contributed by atoms with E-state index < -0.39 is 10.8 Å². The highest BCUT2D eigenvalue weighted by Gasteiger charge is 2.54. The average Bonchev–Trinajstić information content (AvgIpc) is 1.49. The number of Topliss-reactive ketones (excluding diaryl/α,β-unsaturated/α-hetero) is 2. The summed E-state index contributed by atoms with van der Waals surface area (Å²) in [5.41, 5.74) is 19.2. The van der Waals surface area contributed by atoms with E-state index in [2.05, 4.69) is 183 Å². The SMILES string of the molecule is [C-]#[N+]/C(C#N)=C1\C(=C\c2cc3sc4c5c(sc4c3s2)-c2cc3c(cc2C5(c2ccc(C)cc2)c2ccc(C)cc2)-c2sc4cc(/C=C5\C(=O)c6ccccc6\C5=C(\C#N)[N+]#[C-])ccc4c2C3(c2ccc(C)cc2)c2ccc(C)cc2)C(=O)c2ccccc21. The number of aryl methyl sites for hydroxylation is 4. The summed E-state index contributed by atoms with van der Waals surface area (Å²) in [5.74, 6) is -0.396. The number of hydrogen-bond donors (Lipinski definition) is 0. The first-order chi connectivity index (χ1) is 42.9. The molecule has 0 saturated heterocycles. The van der Waals surface area contributed by atoms with Gasteiger partial charge < -0.3 is 0 Å². The van der Waals surface area contributed by atoms with E-state index in [0.29, 0.717) is 44.5 Å². The van der Waals surface area contributed by atoms with Crippen LogP contribution in [0.5, 0.6) is 0 Å². The van der Waals surface area contributed by atoms with Crippen molar-refractivity contribution in [2.75, 3.05) is 0 Å². The monoisotopic (exact) mass is 1200 g/mol. The Labute approximate surface area is 523 Å². The van der Waals surface area contributed by atoms with Crippen molar-refractivity contribution in [3.8, 4) is 33.0 Å². The molecule has 4 heterocycles. The molecule has 4 aromatic heterocycles. The molecule has 4 aliphatic carbocycles. The van der Waals surface area contributed by atoms with Crippen molar-refractivity contribution < 1.29 is 9.59 Å². The number of ketones is 2. The molecular formula is C78H44N4O2S4. The first-order valence-corrected chi connectivity index (χ1v) is 32.0. The van der Waals surface area contributed by atoms with Crippen LogP contribution in [-0.4, -0.2) is 11.6 Å². The van der Waals surface area contributed by atoms with Crippen molar-refractivity contribution in [3.63, 3.8) is 0 Å². The Hall–Kier alpha value is -10.4. The van der Waals surface area contributed by atoms with E-state index in [1.807, 2.05) is 59.9 Å². The molecule has 10 heteroatoms. The molecule has 8 aromatic carbocycles. The van der Waals surface area contributed by atoms with Crippen LogP contribution in [-0.2, 0) is 10.8 Å². The number of nitriles is 2. The number of rotatable bonds is 6. The van der Waals surface area contributed by atoms with E-state index in [1.54, 1.807) is 46.1 Å². The minimum absolute atomic E-state index is 0.0970. The first-order valence-electron chi connectivity index (χ1n) is 28.7. The second-order valence-electron chi connectivity index (χ2n) is 23.1. The van der Waals surface area contributed by atoms with E-state index in [0.717, 1.165) is 57.7 Å². The lowest BCUT2D eigenvalue weighted by Crippen LogP contribution is -2.30. The van der Waals surface area contributed by atoms with Gasteiger partial charge in [0.05, 0.1) is 50.2 Å². The Bertz CT molecular complexity index is 5370. The number of benzene rings is 8. The molecule has 88 heavy (non-hydrogen) atoms. The fourth-order valence-electron chi connectivity index (χ4n) is 14.4. The minimum Gasteiger partial charge on any atom is -0.289 e. The Balaban J connectivity index is 0.976. The molecule has 0 amide bonds. The molecule has 6 nitrogen and oxygen atoms in total. The second kappa shape index (κ2) is 19.6. The topological polar surface area (TPSA) is 90.4 Å². The Morgan fingerprint density at radius 1 is 0.443 bits per heavy atom. The van der Waals surface area contributed by atoms with Gasteiger partial charge in [-0.3, -0.25) is 9.59 Å². The van der Waals surface area contributed by atoms with Crippen LogP contribution < -0.4 is 0 Å². The van der Waals surface area contributed by atoms with Crippen molar-refractivity contribution in [1.82, 2.24) is 0 Å². The zero-order chi connectivity index (χ0) is 60.1. The Kier molecular flexibility index (Phi) is 11.8. The molecule has 0 N–H and O–H groups in total. The van der Waals surface area contributed by atoms with Crippen molar-refractivity contribution in [3.05, 3.63) is 327 Å². The summed E-state index contributed by atoms with van der Waals surface area (Å²) in [6, 6.07) is 68.7. The largest absolute Gasteiger partial charge is 0.289 e. The fraction of sp³-hybridized carbons (Fsp3) is 0.0769. The number of carbonyl (C=O) groups excluding carboxylic acids is 2. The molecule has 16 rings (SSSR count). The lowest BCUT2D eigenvalue weighted by molar-refractivity contribution is 0.103. The number of fused-ring (bicyclic) bond motifs is 14. The molecule has 0 spiro atoms. The molecule has 412 valence electrons. The highest BCUT2D eigenvalue weighted by molar-refractivity contribution is 7.40. The maximum atomic E-state index is 14.3. The van der Waals surface area contributed by atoms with E-state index in [4.69, 9.17) is 13.1 Å². The normalized spacial score (nSPS) is 16.7.